The van der Waals surface area contributed by atoms with Gasteiger partial charge in [0.1, 0.15) is 18.1 Å². The van der Waals surface area contributed by atoms with Crippen molar-refractivity contribution < 1.29 is 44.2 Å². The van der Waals surface area contributed by atoms with E-state index in [1.807, 2.05) is 65.6 Å². The number of aliphatic hydroxyl groups is 4. The molecule has 1 rings (SSSR count). The van der Waals surface area contributed by atoms with E-state index in [0.29, 0.717) is 19.4 Å². The zero-order chi connectivity index (χ0) is 33.8. The minimum Gasteiger partial charge on any atom is -0.459 e. The molecule has 1 fully saturated rings. The van der Waals surface area contributed by atoms with Gasteiger partial charge in [0.2, 0.25) is 0 Å². The quantitative estimate of drug-likeness (QED) is 0.140. The van der Waals surface area contributed by atoms with E-state index in [2.05, 4.69) is 0 Å². The Hall–Kier alpha value is -1.18. The van der Waals surface area contributed by atoms with Gasteiger partial charge in [0.15, 0.2) is 12.1 Å². The summed E-state index contributed by atoms with van der Waals surface area (Å²) in [5.41, 5.74) is -1.55. The number of aliphatic hydroxyl groups excluding tert-OH is 3. The summed E-state index contributed by atoms with van der Waals surface area (Å²) in [6.45, 7) is 18.3. The van der Waals surface area contributed by atoms with Crippen LogP contribution in [0.4, 0.5) is 0 Å². The Labute approximate surface area is 260 Å². The van der Waals surface area contributed by atoms with Crippen molar-refractivity contribution in [1.29, 1.82) is 0 Å². The summed E-state index contributed by atoms with van der Waals surface area (Å²) in [6.07, 6.45) is -3.90. The fourth-order valence-corrected chi connectivity index (χ4v) is 5.73. The zero-order valence-electron chi connectivity index (χ0n) is 29.1. The van der Waals surface area contributed by atoms with Crippen LogP contribution in [0, 0.1) is 17.8 Å². The third-order valence-electron chi connectivity index (χ3n) is 8.44. The monoisotopic (exact) mass is 620 g/mol. The van der Waals surface area contributed by atoms with Gasteiger partial charge in [0, 0.05) is 24.5 Å². The minimum absolute atomic E-state index is 0.000946. The molecular weight excluding hydrogens is 556 g/mol. The van der Waals surface area contributed by atoms with E-state index < -0.39 is 59.9 Å². The summed E-state index contributed by atoms with van der Waals surface area (Å²) in [5, 5.41) is 42.4. The van der Waals surface area contributed by atoms with Crippen molar-refractivity contribution in [3.63, 3.8) is 0 Å². The largest absolute Gasteiger partial charge is 0.459 e. The average Bonchev–Trinajstić information content (AvgIpc) is 2.94. The Morgan fingerprint density at radius 3 is 2.12 bits per heavy atom. The lowest BCUT2D eigenvalue weighted by molar-refractivity contribution is -0.293. The lowest BCUT2D eigenvalue weighted by Crippen LogP contribution is -2.58. The second-order valence-electron chi connectivity index (χ2n) is 12.8. The van der Waals surface area contributed by atoms with Crippen LogP contribution in [0.25, 0.3) is 0 Å². The highest BCUT2D eigenvalue weighted by Crippen LogP contribution is 2.34. The van der Waals surface area contributed by atoms with Gasteiger partial charge in [0.05, 0.1) is 30.5 Å². The van der Waals surface area contributed by atoms with Gasteiger partial charge in [-0.15, -0.1) is 0 Å². The molecule has 1 heterocycles. The summed E-state index contributed by atoms with van der Waals surface area (Å²) < 4.78 is 17.7. The molecule has 4 N–H and O–H groups in total. The second kappa shape index (κ2) is 19.4. The Balaban J connectivity index is 0.00000862. The number of esters is 1. The first-order valence-corrected chi connectivity index (χ1v) is 16.0. The molecule has 1 saturated heterocycles. The van der Waals surface area contributed by atoms with Crippen LogP contribution in [0.15, 0.2) is 0 Å². The Kier molecular flexibility index (Phi) is 18.8. The van der Waals surface area contributed by atoms with Crippen molar-refractivity contribution in [2.24, 2.45) is 17.8 Å². The number of rotatable bonds is 17. The first kappa shape index (κ1) is 41.8. The molecule has 0 bridgehead atoms. The normalized spacial score (nSPS) is 27.1. The third kappa shape index (κ3) is 12.6. The van der Waals surface area contributed by atoms with Crippen molar-refractivity contribution >= 4 is 11.8 Å². The Morgan fingerprint density at radius 1 is 1.09 bits per heavy atom. The van der Waals surface area contributed by atoms with Crippen LogP contribution in [0.2, 0.25) is 0 Å². The summed E-state index contributed by atoms with van der Waals surface area (Å²) in [6, 6.07) is -0.320. The smallest absolute Gasteiger partial charge is 0.316 e. The number of ether oxygens (including phenoxy) is 3. The standard InChI is InChI=1S/C30H58N2O9.C2H6/c1-12-24(22(7)34)40-28(37)21(6)25(35)20(5)27(30(8,38)14-17(2)15-32(11)18(3)16-33)41-29-26(36)23(31(9)10)13-19(4)39-29;1-2/h17-24,26-27,29,33-34,36,38H,12-16H2,1-11H3;1-2H3/t17-,18-,19-,20+,21-,22?,23+,24-,26-,27-,29+,30-;/m1./s1. The number of nitrogens with zero attached hydrogens (tertiary/aromatic N) is 2. The Bertz CT molecular complexity index is 810. The summed E-state index contributed by atoms with van der Waals surface area (Å²) in [4.78, 5) is 30.4. The number of carbonyl (C=O) groups is 2. The van der Waals surface area contributed by atoms with E-state index >= 15 is 0 Å². The maximum Gasteiger partial charge on any atom is 0.316 e. The van der Waals surface area contributed by atoms with Crippen LogP contribution >= 0.6 is 0 Å². The molecule has 12 atom stereocenters. The molecule has 1 aliphatic heterocycles. The predicted molar refractivity (Wildman–Crippen MR) is 167 cm³/mol. The molecule has 11 nitrogen and oxygen atoms in total. The lowest BCUT2D eigenvalue weighted by atomic mass is 9.78. The van der Waals surface area contributed by atoms with E-state index in [1.54, 1.807) is 20.8 Å². The second-order valence-corrected chi connectivity index (χ2v) is 12.8. The topological polar surface area (TPSA) is 149 Å². The molecule has 0 aromatic heterocycles. The molecular formula is C32H64N2O9. The Morgan fingerprint density at radius 2 is 1.65 bits per heavy atom. The molecule has 0 spiro atoms. The molecule has 1 aliphatic rings. The van der Waals surface area contributed by atoms with Crippen LogP contribution in [0.3, 0.4) is 0 Å². The number of hydrogen-bond donors (Lipinski definition) is 4. The van der Waals surface area contributed by atoms with Crippen molar-refractivity contribution in [3.05, 3.63) is 0 Å². The van der Waals surface area contributed by atoms with Crippen molar-refractivity contribution in [3.8, 4) is 0 Å². The highest BCUT2D eigenvalue weighted by atomic mass is 16.7. The fourth-order valence-electron chi connectivity index (χ4n) is 5.73. The van der Waals surface area contributed by atoms with E-state index in [9.17, 15) is 30.0 Å². The zero-order valence-corrected chi connectivity index (χ0v) is 29.1. The predicted octanol–water partition coefficient (Wildman–Crippen LogP) is 2.46. The van der Waals surface area contributed by atoms with Crippen molar-refractivity contribution in [1.82, 2.24) is 9.80 Å². The highest BCUT2D eigenvalue weighted by Gasteiger charge is 2.47. The van der Waals surface area contributed by atoms with Gasteiger partial charge in [0.25, 0.3) is 0 Å². The number of likely N-dealkylation sites (N-methyl/N-ethyl adjacent to an activating group) is 2. The summed E-state index contributed by atoms with van der Waals surface area (Å²) >= 11 is 0. The maximum atomic E-state index is 13.7. The molecule has 0 amide bonds. The molecule has 0 aromatic carbocycles. The number of carbonyl (C=O) groups excluding carboxylic acids is 2. The number of Topliss-reactive ketones (excluding diaryl/α,β-unsaturated/α-hetero) is 1. The highest BCUT2D eigenvalue weighted by molar-refractivity contribution is 6.00. The van der Waals surface area contributed by atoms with Crippen LogP contribution in [0.5, 0.6) is 0 Å². The number of ketones is 1. The van der Waals surface area contributed by atoms with Crippen LogP contribution in [-0.4, -0.2) is 131 Å². The lowest BCUT2D eigenvalue weighted by Gasteiger charge is -2.45. The maximum absolute atomic E-state index is 13.7. The molecule has 0 aromatic rings. The average molecular weight is 621 g/mol. The van der Waals surface area contributed by atoms with Gasteiger partial charge in [-0.1, -0.05) is 34.6 Å². The molecule has 256 valence electrons. The van der Waals surface area contributed by atoms with Gasteiger partial charge in [-0.25, -0.2) is 0 Å². The SMILES string of the molecule is CC.CC[C@@H](OC(=O)[C@H](C)C(=O)[C@H](C)[C@@H](O[C@@H]1O[C@H](C)C[C@H](N(C)C)[C@H]1O)[C@](C)(O)C[C@@H](C)CN(C)[C@H](C)CO)C(C)O. The van der Waals surface area contributed by atoms with Crippen molar-refractivity contribution in [2.45, 2.75) is 143 Å². The van der Waals surface area contributed by atoms with Crippen LogP contribution < -0.4 is 0 Å². The fraction of sp³-hybridized carbons (Fsp3) is 0.938. The minimum atomic E-state index is -1.55. The van der Waals surface area contributed by atoms with Gasteiger partial charge >= 0.3 is 5.97 Å². The van der Waals surface area contributed by atoms with Gasteiger partial charge < -0.3 is 44.4 Å². The summed E-state index contributed by atoms with van der Waals surface area (Å²) in [5.74, 6) is -3.43. The van der Waals surface area contributed by atoms with Crippen LogP contribution in [-0.2, 0) is 23.8 Å². The molecule has 43 heavy (non-hydrogen) atoms. The van der Waals surface area contributed by atoms with E-state index in [1.165, 1.54) is 13.8 Å². The molecule has 11 heteroatoms. The molecule has 0 radical (unpaired) electrons. The summed E-state index contributed by atoms with van der Waals surface area (Å²) in [7, 11) is 5.61. The van der Waals surface area contributed by atoms with E-state index in [-0.39, 0.29) is 37.1 Å². The number of hydrogen-bond acceptors (Lipinski definition) is 11. The first-order chi connectivity index (χ1) is 19.9. The molecule has 0 saturated carbocycles. The first-order valence-electron chi connectivity index (χ1n) is 16.0. The van der Waals surface area contributed by atoms with Gasteiger partial charge in [-0.3, -0.25) is 9.59 Å². The molecule has 0 aliphatic carbocycles. The van der Waals surface area contributed by atoms with Crippen LogP contribution in [0.1, 0.15) is 88.5 Å². The third-order valence-corrected chi connectivity index (χ3v) is 8.44. The van der Waals surface area contributed by atoms with Gasteiger partial charge in [-0.05, 0) is 80.9 Å². The van der Waals surface area contributed by atoms with E-state index in [0.717, 1.165) is 0 Å². The molecule has 1 unspecified atom stereocenters. The van der Waals surface area contributed by atoms with Crippen molar-refractivity contribution in [2.75, 3.05) is 34.3 Å². The van der Waals surface area contributed by atoms with E-state index in [4.69, 9.17) is 14.2 Å². The van der Waals surface area contributed by atoms with Gasteiger partial charge in [-0.2, -0.15) is 0 Å².